The van der Waals surface area contributed by atoms with Gasteiger partial charge in [-0.3, -0.25) is 0 Å². The number of piperidine rings is 1. The molecule has 0 bridgehead atoms. The number of fused-ring (bicyclic) bond motifs is 1. The van der Waals surface area contributed by atoms with Gasteiger partial charge in [-0.25, -0.2) is 0 Å². The van der Waals surface area contributed by atoms with Crippen molar-refractivity contribution in [2.24, 2.45) is 11.8 Å². The van der Waals surface area contributed by atoms with Crippen molar-refractivity contribution in [1.29, 1.82) is 0 Å². The molecule has 0 unspecified atom stereocenters. The maximum atomic E-state index is 2.65. The molecular weight excluding hydrogens is 146 g/mol. The summed E-state index contributed by atoms with van der Waals surface area (Å²) in [6.07, 6.45) is 7.44. The third kappa shape index (κ3) is 1.52. The van der Waals surface area contributed by atoms with Crippen molar-refractivity contribution in [2.75, 3.05) is 0 Å². The standard InChI is InChI=1S/C11H21N/c1-8-4-3-5-10-7-6-9(2)12-11(8)10/h8-12H,3-7H2,1-2H3/p+1/t8-,9-,10+,11-/m0/s1. The van der Waals surface area contributed by atoms with Gasteiger partial charge in [-0.05, 0) is 32.6 Å². The Kier molecular flexibility index (Phi) is 2.40. The van der Waals surface area contributed by atoms with Crippen LogP contribution in [-0.2, 0) is 0 Å². The highest BCUT2D eigenvalue weighted by Gasteiger charge is 2.37. The normalized spacial score (nSPS) is 48.5. The first-order chi connectivity index (χ1) is 5.77. The van der Waals surface area contributed by atoms with E-state index in [1.807, 2.05) is 0 Å². The van der Waals surface area contributed by atoms with Crippen LogP contribution in [0.15, 0.2) is 0 Å². The number of hydrogen-bond acceptors (Lipinski definition) is 0. The summed E-state index contributed by atoms with van der Waals surface area (Å²) in [5.74, 6) is 2.04. The highest BCUT2D eigenvalue weighted by Crippen LogP contribution is 2.32. The molecule has 2 aliphatic rings. The zero-order valence-electron chi connectivity index (χ0n) is 8.42. The topological polar surface area (TPSA) is 16.6 Å². The summed E-state index contributed by atoms with van der Waals surface area (Å²) in [5, 5.41) is 2.65. The third-order valence-electron chi connectivity index (χ3n) is 3.98. The minimum Gasteiger partial charge on any atom is -0.341 e. The van der Waals surface area contributed by atoms with Crippen molar-refractivity contribution in [3.05, 3.63) is 0 Å². The molecule has 0 spiro atoms. The monoisotopic (exact) mass is 168 g/mol. The molecule has 2 fully saturated rings. The van der Waals surface area contributed by atoms with Gasteiger partial charge in [0.25, 0.3) is 0 Å². The average molecular weight is 168 g/mol. The van der Waals surface area contributed by atoms with E-state index in [9.17, 15) is 0 Å². The van der Waals surface area contributed by atoms with Crippen molar-refractivity contribution >= 4 is 0 Å². The zero-order valence-corrected chi connectivity index (χ0v) is 8.42. The second kappa shape index (κ2) is 3.37. The summed E-state index contributed by atoms with van der Waals surface area (Å²) < 4.78 is 0. The lowest BCUT2D eigenvalue weighted by Crippen LogP contribution is -2.98. The van der Waals surface area contributed by atoms with Crippen molar-refractivity contribution in [1.82, 2.24) is 0 Å². The number of quaternary nitrogens is 1. The van der Waals surface area contributed by atoms with Crippen LogP contribution < -0.4 is 5.32 Å². The Labute approximate surface area is 75.9 Å². The Balaban J connectivity index is 2.00. The highest BCUT2D eigenvalue weighted by molar-refractivity contribution is 4.82. The van der Waals surface area contributed by atoms with Crippen molar-refractivity contribution < 1.29 is 5.32 Å². The Morgan fingerprint density at radius 1 is 1.00 bits per heavy atom. The van der Waals surface area contributed by atoms with Gasteiger partial charge in [-0.15, -0.1) is 0 Å². The van der Waals surface area contributed by atoms with E-state index < -0.39 is 0 Å². The SMILES string of the molecule is C[C@H]1CC[C@H]2CCC[C@H](C)[C@@H]2[NH2+]1. The van der Waals surface area contributed by atoms with E-state index >= 15 is 0 Å². The predicted octanol–water partition coefficient (Wildman–Crippen LogP) is 1.54. The molecule has 1 heteroatoms. The van der Waals surface area contributed by atoms with Crippen LogP contribution in [0, 0.1) is 11.8 Å². The molecule has 0 amide bonds. The van der Waals surface area contributed by atoms with Crippen LogP contribution >= 0.6 is 0 Å². The summed E-state index contributed by atoms with van der Waals surface area (Å²) in [6.45, 7) is 4.84. The fourth-order valence-corrected chi connectivity index (χ4v) is 3.19. The van der Waals surface area contributed by atoms with Gasteiger partial charge in [0.2, 0.25) is 0 Å². The Morgan fingerprint density at radius 3 is 2.67 bits per heavy atom. The molecule has 1 saturated carbocycles. The van der Waals surface area contributed by atoms with Gasteiger partial charge in [0.05, 0.1) is 12.1 Å². The molecule has 1 heterocycles. The van der Waals surface area contributed by atoms with Crippen molar-refractivity contribution in [3.8, 4) is 0 Å². The molecule has 1 aliphatic heterocycles. The third-order valence-corrected chi connectivity index (χ3v) is 3.98. The molecule has 1 aliphatic carbocycles. The minimum absolute atomic E-state index is 0.895. The molecule has 2 N–H and O–H groups in total. The molecule has 0 aromatic rings. The lowest BCUT2D eigenvalue weighted by Gasteiger charge is -2.40. The van der Waals surface area contributed by atoms with Crippen LogP contribution in [0.2, 0.25) is 0 Å². The Bertz CT molecular complexity index is 155. The Morgan fingerprint density at radius 2 is 1.83 bits per heavy atom. The second-order valence-corrected chi connectivity index (χ2v) is 4.99. The van der Waals surface area contributed by atoms with Crippen LogP contribution in [0.25, 0.3) is 0 Å². The predicted molar refractivity (Wildman–Crippen MR) is 50.9 cm³/mol. The molecular formula is C11H22N+. The first-order valence-electron chi connectivity index (χ1n) is 5.62. The largest absolute Gasteiger partial charge is 0.341 e. The number of nitrogens with two attached hydrogens (primary N) is 1. The molecule has 1 saturated heterocycles. The summed E-state index contributed by atoms with van der Waals surface area (Å²) in [5.41, 5.74) is 0. The molecule has 12 heavy (non-hydrogen) atoms. The molecule has 4 atom stereocenters. The minimum atomic E-state index is 0.895. The zero-order chi connectivity index (χ0) is 8.55. The van der Waals surface area contributed by atoms with E-state index in [4.69, 9.17) is 0 Å². The lowest BCUT2D eigenvalue weighted by molar-refractivity contribution is -0.741. The van der Waals surface area contributed by atoms with Gasteiger partial charge in [0.1, 0.15) is 0 Å². The molecule has 0 aromatic carbocycles. The summed E-state index contributed by atoms with van der Waals surface area (Å²) in [6, 6.07) is 1.87. The summed E-state index contributed by atoms with van der Waals surface area (Å²) in [7, 11) is 0. The van der Waals surface area contributed by atoms with Crippen LogP contribution in [0.5, 0.6) is 0 Å². The van der Waals surface area contributed by atoms with E-state index in [0.29, 0.717) is 0 Å². The van der Waals surface area contributed by atoms with Crippen LogP contribution in [0.1, 0.15) is 46.0 Å². The molecule has 70 valence electrons. The van der Waals surface area contributed by atoms with Gasteiger partial charge >= 0.3 is 0 Å². The quantitative estimate of drug-likeness (QED) is 0.565. The van der Waals surface area contributed by atoms with Crippen LogP contribution in [0.3, 0.4) is 0 Å². The van der Waals surface area contributed by atoms with E-state index in [1.165, 1.54) is 32.1 Å². The first-order valence-corrected chi connectivity index (χ1v) is 5.62. The fraction of sp³-hybridized carbons (Fsp3) is 1.00. The Hall–Kier alpha value is -0.0400. The number of rotatable bonds is 0. The van der Waals surface area contributed by atoms with Gasteiger partial charge in [0, 0.05) is 11.8 Å². The van der Waals surface area contributed by atoms with E-state index in [0.717, 1.165) is 23.9 Å². The number of hydrogen-bond donors (Lipinski definition) is 1. The molecule has 2 rings (SSSR count). The fourth-order valence-electron chi connectivity index (χ4n) is 3.19. The molecule has 0 radical (unpaired) electrons. The van der Waals surface area contributed by atoms with Crippen molar-refractivity contribution in [3.63, 3.8) is 0 Å². The van der Waals surface area contributed by atoms with E-state index in [2.05, 4.69) is 19.2 Å². The first kappa shape index (κ1) is 8.55. The highest BCUT2D eigenvalue weighted by atomic mass is 15.0. The van der Waals surface area contributed by atoms with Crippen molar-refractivity contribution in [2.45, 2.75) is 58.0 Å². The lowest BCUT2D eigenvalue weighted by atomic mass is 9.73. The maximum Gasteiger partial charge on any atom is 0.0915 e. The second-order valence-electron chi connectivity index (χ2n) is 4.99. The van der Waals surface area contributed by atoms with E-state index in [1.54, 1.807) is 0 Å². The average Bonchev–Trinajstić information content (AvgIpc) is 2.07. The van der Waals surface area contributed by atoms with Crippen LogP contribution in [0.4, 0.5) is 0 Å². The summed E-state index contributed by atoms with van der Waals surface area (Å²) >= 11 is 0. The van der Waals surface area contributed by atoms with Gasteiger partial charge < -0.3 is 5.32 Å². The van der Waals surface area contributed by atoms with Gasteiger partial charge in [-0.2, -0.15) is 0 Å². The summed E-state index contributed by atoms with van der Waals surface area (Å²) in [4.78, 5) is 0. The van der Waals surface area contributed by atoms with Crippen LogP contribution in [-0.4, -0.2) is 12.1 Å². The maximum absolute atomic E-state index is 2.65. The van der Waals surface area contributed by atoms with Gasteiger partial charge in [-0.1, -0.05) is 13.3 Å². The van der Waals surface area contributed by atoms with Gasteiger partial charge in [0.15, 0.2) is 0 Å². The molecule has 1 nitrogen and oxygen atoms in total. The smallest absolute Gasteiger partial charge is 0.0915 e. The van der Waals surface area contributed by atoms with E-state index in [-0.39, 0.29) is 0 Å². The molecule has 0 aromatic heterocycles.